The maximum atomic E-state index is 12.9. The monoisotopic (exact) mass is 551 g/mol. The molecule has 0 spiro atoms. The number of hydrogen-bond donors (Lipinski definition) is 4. The third kappa shape index (κ3) is 8.12. The standard InChI is InChI=1S/C30H37N3O5S/c31-20-30(35)33-39(36,37)29-16-15-25(19-28(29)38-26-9-5-2-6-10-26)23-13-11-22(12-14-23)17-18-32-21-27(34)24-7-3-1-4-8-24/h1,3-4,7-8,11-16,19,26-27,32,34H,2,5-6,9-10,17-18,20-21,31H2,(H,33,35)/t27-/m1/s1. The molecule has 1 atom stereocenters. The zero-order chi connectivity index (χ0) is 27.7. The molecular weight excluding hydrogens is 514 g/mol. The Hall–Kier alpha value is -3.24. The molecular formula is C30H37N3O5S. The van der Waals surface area contributed by atoms with Crippen LogP contribution < -0.4 is 20.5 Å². The highest BCUT2D eigenvalue weighted by Gasteiger charge is 2.25. The second-order valence-corrected chi connectivity index (χ2v) is 11.5. The van der Waals surface area contributed by atoms with E-state index in [0.29, 0.717) is 6.54 Å². The molecule has 8 nitrogen and oxygen atoms in total. The van der Waals surface area contributed by atoms with Crippen LogP contribution in [0.1, 0.15) is 49.3 Å². The van der Waals surface area contributed by atoms with E-state index >= 15 is 0 Å². The summed E-state index contributed by atoms with van der Waals surface area (Å²) in [6, 6.07) is 22.6. The number of nitrogens with one attached hydrogen (secondary N) is 2. The van der Waals surface area contributed by atoms with Gasteiger partial charge in [0.15, 0.2) is 0 Å². The summed E-state index contributed by atoms with van der Waals surface area (Å²) in [6.07, 6.45) is 5.14. The Bertz CT molecular complexity index is 1320. The van der Waals surface area contributed by atoms with Gasteiger partial charge in [0.05, 0.1) is 18.8 Å². The lowest BCUT2D eigenvalue weighted by Crippen LogP contribution is -2.35. The number of amides is 1. The number of ether oxygens (including phenoxy) is 1. The molecule has 1 aliphatic rings. The first-order chi connectivity index (χ1) is 18.9. The number of sulfonamides is 1. The quantitative estimate of drug-likeness (QED) is 0.253. The van der Waals surface area contributed by atoms with Gasteiger partial charge in [0, 0.05) is 6.54 Å². The van der Waals surface area contributed by atoms with Gasteiger partial charge in [0.25, 0.3) is 10.0 Å². The summed E-state index contributed by atoms with van der Waals surface area (Å²) in [6.45, 7) is 0.780. The van der Waals surface area contributed by atoms with E-state index in [0.717, 1.165) is 67.3 Å². The zero-order valence-corrected chi connectivity index (χ0v) is 22.8. The van der Waals surface area contributed by atoms with Crippen molar-refractivity contribution in [2.24, 2.45) is 5.73 Å². The average Bonchev–Trinajstić information content (AvgIpc) is 2.96. The van der Waals surface area contributed by atoms with Gasteiger partial charge in [-0.3, -0.25) is 4.79 Å². The number of carbonyl (C=O) groups is 1. The van der Waals surface area contributed by atoms with Crippen LogP contribution in [-0.4, -0.2) is 45.2 Å². The molecule has 0 bridgehead atoms. The van der Waals surface area contributed by atoms with Gasteiger partial charge in [-0.15, -0.1) is 0 Å². The highest BCUT2D eigenvalue weighted by Crippen LogP contribution is 2.33. The molecule has 1 saturated carbocycles. The van der Waals surface area contributed by atoms with Gasteiger partial charge in [-0.1, -0.05) is 67.1 Å². The van der Waals surface area contributed by atoms with Crippen molar-refractivity contribution >= 4 is 15.9 Å². The Kier molecular flexibility index (Phi) is 10.1. The number of carbonyl (C=O) groups excluding carboxylic acids is 1. The van der Waals surface area contributed by atoms with E-state index in [1.807, 2.05) is 59.3 Å². The molecule has 3 aromatic rings. The van der Waals surface area contributed by atoms with Crippen molar-refractivity contribution in [3.05, 3.63) is 83.9 Å². The first-order valence-corrected chi connectivity index (χ1v) is 14.9. The minimum absolute atomic E-state index is 0.0663. The molecule has 0 aromatic heterocycles. The zero-order valence-electron chi connectivity index (χ0n) is 22.0. The van der Waals surface area contributed by atoms with Gasteiger partial charge in [0.1, 0.15) is 10.6 Å². The Morgan fingerprint density at radius 1 is 0.974 bits per heavy atom. The smallest absolute Gasteiger partial charge is 0.267 e. The molecule has 5 N–H and O–H groups in total. The molecule has 0 radical (unpaired) electrons. The second-order valence-electron chi connectivity index (χ2n) is 9.85. The molecule has 39 heavy (non-hydrogen) atoms. The van der Waals surface area contributed by atoms with Crippen molar-refractivity contribution in [2.75, 3.05) is 19.6 Å². The second kappa shape index (κ2) is 13.7. The summed E-state index contributed by atoms with van der Waals surface area (Å²) in [5, 5.41) is 13.6. The van der Waals surface area contributed by atoms with E-state index in [1.165, 1.54) is 6.07 Å². The number of nitrogens with two attached hydrogens (primary N) is 1. The van der Waals surface area contributed by atoms with Crippen LogP contribution in [-0.2, 0) is 21.2 Å². The van der Waals surface area contributed by atoms with Gasteiger partial charge in [0.2, 0.25) is 5.91 Å². The molecule has 1 fully saturated rings. The minimum atomic E-state index is -4.12. The number of rotatable bonds is 12. The number of hydrogen-bond acceptors (Lipinski definition) is 7. The van der Waals surface area contributed by atoms with E-state index in [2.05, 4.69) is 5.32 Å². The molecule has 3 aromatic carbocycles. The largest absolute Gasteiger partial charge is 0.489 e. The van der Waals surface area contributed by atoms with E-state index in [-0.39, 0.29) is 16.7 Å². The first-order valence-electron chi connectivity index (χ1n) is 13.4. The summed E-state index contributed by atoms with van der Waals surface area (Å²) < 4.78 is 34.0. The third-order valence-corrected chi connectivity index (χ3v) is 8.33. The topological polar surface area (TPSA) is 131 Å². The van der Waals surface area contributed by atoms with Crippen LogP contribution in [0.15, 0.2) is 77.7 Å². The van der Waals surface area contributed by atoms with Crippen molar-refractivity contribution in [1.29, 1.82) is 0 Å². The summed E-state index contributed by atoms with van der Waals surface area (Å²) in [5.74, 6) is -0.538. The molecule has 1 aliphatic carbocycles. The minimum Gasteiger partial charge on any atom is -0.489 e. The maximum absolute atomic E-state index is 12.9. The summed E-state index contributed by atoms with van der Waals surface area (Å²) in [7, 11) is -4.12. The molecule has 0 saturated heterocycles. The van der Waals surface area contributed by atoms with Crippen LogP contribution >= 0.6 is 0 Å². The Morgan fingerprint density at radius 3 is 2.36 bits per heavy atom. The number of aliphatic hydroxyl groups excluding tert-OH is 1. The lowest BCUT2D eigenvalue weighted by molar-refractivity contribution is -0.118. The van der Waals surface area contributed by atoms with Gasteiger partial charge in [-0.05, 0) is 73.0 Å². The summed E-state index contributed by atoms with van der Waals surface area (Å²) >= 11 is 0. The van der Waals surface area contributed by atoms with Crippen LogP contribution in [0, 0.1) is 0 Å². The van der Waals surface area contributed by atoms with Gasteiger partial charge in [-0.2, -0.15) is 0 Å². The Labute approximate surface area is 230 Å². The molecule has 0 aliphatic heterocycles. The lowest BCUT2D eigenvalue weighted by Gasteiger charge is -2.24. The van der Waals surface area contributed by atoms with Crippen LogP contribution in [0.25, 0.3) is 11.1 Å². The molecule has 0 heterocycles. The number of benzene rings is 3. The normalized spacial score (nSPS) is 15.0. The predicted molar refractivity (Wildman–Crippen MR) is 152 cm³/mol. The highest BCUT2D eigenvalue weighted by atomic mass is 32.2. The van der Waals surface area contributed by atoms with E-state index in [4.69, 9.17) is 10.5 Å². The van der Waals surface area contributed by atoms with Crippen molar-refractivity contribution in [2.45, 2.75) is 55.6 Å². The molecule has 9 heteroatoms. The first kappa shape index (κ1) is 28.8. The van der Waals surface area contributed by atoms with Crippen molar-refractivity contribution in [3.63, 3.8) is 0 Å². The average molecular weight is 552 g/mol. The van der Waals surface area contributed by atoms with E-state index in [1.54, 1.807) is 12.1 Å². The van der Waals surface area contributed by atoms with Gasteiger partial charge >= 0.3 is 0 Å². The fraction of sp³-hybridized carbons (Fsp3) is 0.367. The maximum Gasteiger partial charge on any atom is 0.267 e. The molecule has 4 rings (SSSR count). The highest BCUT2D eigenvalue weighted by molar-refractivity contribution is 7.90. The number of aliphatic hydroxyl groups is 1. The van der Waals surface area contributed by atoms with Gasteiger partial charge < -0.3 is 20.9 Å². The molecule has 0 unspecified atom stereocenters. The van der Waals surface area contributed by atoms with Crippen LogP contribution in [0.5, 0.6) is 5.75 Å². The van der Waals surface area contributed by atoms with Crippen LogP contribution in [0.2, 0.25) is 0 Å². The third-order valence-electron chi connectivity index (χ3n) is 6.91. The SMILES string of the molecule is NCC(=O)NS(=O)(=O)c1ccc(-c2ccc(CCNC[C@@H](O)c3ccccc3)cc2)cc1OC1CCCCC1. The van der Waals surface area contributed by atoms with E-state index in [9.17, 15) is 18.3 Å². The summed E-state index contributed by atoms with van der Waals surface area (Å²) in [4.78, 5) is 11.7. The fourth-order valence-electron chi connectivity index (χ4n) is 4.74. The van der Waals surface area contributed by atoms with Crippen LogP contribution in [0.3, 0.4) is 0 Å². The Morgan fingerprint density at radius 2 is 1.67 bits per heavy atom. The van der Waals surface area contributed by atoms with Crippen molar-refractivity contribution < 1.29 is 23.1 Å². The van der Waals surface area contributed by atoms with Gasteiger partial charge in [-0.25, -0.2) is 13.1 Å². The molecule has 208 valence electrons. The summed E-state index contributed by atoms with van der Waals surface area (Å²) in [5.41, 5.74) is 9.09. The lowest BCUT2D eigenvalue weighted by atomic mass is 9.97. The predicted octanol–water partition coefficient (Wildman–Crippen LogP) is 3.69. The molecule has 1 amide bonds. The van der Waals surface area contributed by atoms with Crippen molar-refractivity contribution in [3.8, 4) is 16.9 Å². The van der Waals surface area contributed by atoms with Crippen LogP contribution in [0.4, 0.5) is 0 Å². The van der Waals surface area contributed by atoms with Crippen molar-refractivity contribution in [1.82, 2.24) is 10.0 Å². The van der Waals surface area contributed by atoms with E-state index < -0.39 is 28.6 Å². The Balaban J connectivity index is 1.44. The fourth-order valence-corrected chi connectivity index (χ4v) is 5.85.